The third kappa shape index (κ3) is 6.39. The van der Waals surface area contributed by atoms with E-state index < -0.39 is 0 Å². The minimum Gasteiger partial charge on any atom is -0.465 e. The highest BCUT2D eigenvalue weighted by Gasteiger charge is 2.17. The Morgan fingerprint density at radius 3 is 2.63 bits per heavy atom. The van der Waals surface area contributed by atoms with Crippen LogP contribution in [0.1, 0.15) is 38.7 Å². The van der Waals surface area contributed by atoms with Crippen LogP contribution in [0.3, 0.4) is 0 Å². The maximum absolute atomic E-state index is 11.7. The molecule has 0 aromatic heterocycles. The van der Waals surface area contributed by atoms with Gasteiger partial charge < -0.3 is 10.1 Å². The number of hydrogen-bond donors (Lipinski definition) is 1. The highest BCUT2D eigenvalue weighted by molar-refractivity contribution is 5.75. The first-order valence-electron chi connectivity index (χ1n) is 7.21. The molecule has 0 bridgehead atoms. The number of carbonyl (C=O) groups is 1. The number of rotatable bonds is 9. The van der Waals surface area contributed by atoms with Crippen molar-refractivity contribution in [2.24, 2.45) is 0 Å². The van der Waals surface area contributed by atoms with Gasteiger partial charge in [-0.25, -0.2) is 0 Å². The average molecular weight is 263 g/mol. The van der Waals surface area contributed by atoms with Gasteiger partial charge >= 0.3 is 5.97 Å². The molecule has 0 aliphatic heterocycles. The van der Waals surface area contributed by atoms with Gasteiger partial charge in [0, 0.05) is 0 Å². The molecular weight excluding hydrogens is 238 g/mol. The first-order chi connectivity index (χ1) is 9.27. The van der Waals surface area contributed by atoms with Crippen LogP contribution in [-0.2, 0) is 16.0 Å². The van der Waals surface area contributed by atoms with Crippen molar-refractivity contribution in [2.75, 3.05) is 13.2 Å². The van der Waals surface area contributed by atoms with Gasteiger partial charge in [-0.1, -0.05) is 43.7 Å². The Morgan fingerprint density at radius 1 is 1.26 bits per heavy atom. The van der Waals surface area contributed by atoms with Gasteiger partial charge in [-0.05, 0) is 38.3 Å². The number of nitrogens with one attached hydrogen (secondary N) is 1. The summed E-state index contributed by atoms with van der Waals surface area (Å²) in [5, 5.41) is 3.30. The highest BCUT2D eigenvalue weighted by Crippen LogP contribution is 2.03. The van der Waals surface area contributed by atoms with Crippen molar-refractivity contribution in [2.45, 2.75) is 45.6 Å². The zero-order chi connectivity index (χ0) is 13.9. The largest absolute Gasteiger partial charge is 0.465 e. The second kappa shape index (κ2) is 9.56. The molecule has 3 heteroatoms. The quantitative estimate of drug-likeness (QED) is 0.550. The molecule has 0 saturated heterocycles. The molecule has 0 saturated carbocycles. The van der Waals surface area contributed by atoms with Gasteiger partial charge in [0.05, 0.1) is 6.61 Å². The van der Waals surface area contributed by atoms with E-state index in [-0.39, 0.29) is 12.0 Å². The molecular formula is C16H25NO2. The van der Waals surface area contributed by atoms with E-state index in [2.05, 4.69) is 36.5 Å². The molecule has 0 aliphatic rings. The third-order valence-electron chi connectivity index (χ3n) is 3.02. The number of ether oxygens (including phenoxy) is 1. The summed E-state index contributed by atoms with van der Waals surface area (Å²) in [4.78, 5) is 11.7. The second-order valence-electron chi connectivity index (χ2n) is 4.64. The van der Waals surface area contributed by atoms with Gasteiger partial charge in [0.2, 0.25) is 0 Å². The van der Waals surface area contributed by atoms with Gasteiger partial charge in [0.15, 0.2) is 0 Å². The molecule has 1 rings (SSSR count). The fourth-order valence-electron chi connectivity index (χ4n) is 2.05. The maximum Gasteiger partial charge on any atom is 0.323 e. The van der Waals surface area contributed by atoms with Crippen LogP contribution in [0.4, 0.5) is 0 Å². The predicted octanol–water partition coefficient (Wildman–Crippen LogP) is 2.94. The van der Waals surface area contributed by atoms with Crippen molar-refractivity contribution in [3.63, 3.8) is 0 Å². The van der Waals surface area contributed by atoms with E-state index in [1.54, 1.807) is 0 Å². The Kier molecular flexibility index (Phi) is 7.91. The summed E-state index contributed by atoms with van der Waals surface area (Å²) in [5.74, 6) is -0.121. The fourth-order valence-corrected chi connectivity index (χ4v) is 2.05. The van der Waals surface area contributed by atoms with Crippen molar-refractivity contribution < 1.29 is 9.53 Å². The van der Waals surface area contributed by atoms with Crippen molar-refractivity contribution in [3.05, 3.63) is 35.9 Å². The molecule has 1 atom stereocenters. The van der Waals surface area contributed by atoms with Crippen LogP contribution >= 0.6 is 0 Å². The van der Waals surface area contributed by atoms with E-state index in [0.29, 0.717) is 6.61 Å². The molecule has 0 fully saturated rings. The molecule has 0 radical (unpaired) electrons. The van der Waals surface area contributed by atoms with Gasteiger partial charge in [0.25, 0.3) is 0 Å². The molecule has 19 heavy (non-hydrogen) atoms. The summed E-state index contributed by atoms with van der Waals surface area (Å²) in [6.45, 7) is 5.22. The zero-order valence-corrected chi connectivity index (χ0v) is 12.0. The van der Waals surface area contributed by atoms with E-state index in [1.807, 2.05) is 13.0 Å². The smallest absolute Gasteiger partial charge is 0.323 e. The first-order valence-corrected chi connectivity index (χ1v) is 7.21. The van der Waals surface area contributed by atoms with E-state index in [1.165, 1.54) is 5.56 Å². The molecule has 1 aromatic rings. The Bertz CT molecular complexity index is 351. The van der Waals surface area contributed by atoms with Crippen molar-refractivity contribution in [1.82, 2.24) is 5.32 Å². The van der Waals surface area contributed by atoms with E-state index in [4.69, 9.17) is 4.74 Å². The van der Waals surface area contributed by atoms with Crippen molar-refractivity contribution in [3.8, 4) is 0 Å². The zero-order valence-electron chi connectivity index (χ0n) is 12.0. The van der Waals surface area contributed by atoms with Gasteiger partial charge in [-0.3, -0.25) is 4.79 Å². The molecule has 0 aliphatic carbocycles. The molecule has 3 nitrogen and oxygen atoms in total. The SMILES string of the molecule is CCCC(NCCCc1ccccc1)C(=O)OCC. The van der Waals surface area contributed by atoms with E-state index in [0.717, 1.165) is 32.2 Å². The summed E-state index contributed by atoms with van der Waals surface area (Å²) < 4.78 is 5.07. The molecule has 106 valence electrons. The van der Waals surface area contributed by atoms with Gasteiger partial charge in [-0.2, -0.15) is 0 Å². The Labute approximate surface area is 116 Å². The summed E-state index contributed by atoms with van der Waals surface area (Å²) in [5.41, 5.74) is 1.34. The second-order valence-corrected chi connectivity index (χ2v) is 4.64. The molecule has 0 amide bonds. The lowest BCUT2D eigenvalue weighted by Crippen LogP contribution is -2.38. The molecule has 1 aromatic carbocycles. The van der Waals surface area contributed by atoms with Crippen LogP contribution in [0.15, 0.2) is 30.3 Å². The number of esters is 1. The summed E-state index contributed by atoms with van der Waals surface area (Å²) in [6.07, 6.45) is 3.89. The lowest BCUT2D eigenvalue weighted by molar-refractivity contribution is -0.145. The van der Waals surface area contributed by atoms with E-state index >= 15 is 0 Å². The van der Waals surface area contributed by atoms with Crippen molar-refractivity contribution in [1.29, 1.82) is 0 Å². The van der Waals surface area contributed by atoms with Crippen LogP contribution in [0.2, 0.25) is 0 Å². The minimum absolute atomic E-state index is 0.121. The summed E-state index contributed by atoms with van der Waals surface area (Å²) >= 11 is 0. The van der Waals surface area contributed by atoms with E-state index in [9.17, 15) is 4.79 Å². The van der Waals surface area contributed by atoms with Crippen LogP contribution in [0.25, 0.3) is 0 Å². The number of aryl methyl sites for hydroxylation is 1. The lowest BCUT2D eigenvalue weighted by atomic mass is 10.1. The standard InChI is InChI=1S/C16H25NO2/c1-3-9-15(16(18)19-4-2)17-13-8-12-14-10-6-5-7-11-14/h5-7,10-11,15,17H,3-4,8-9,12-13H2,1-2H3. The Hall–Kier alpha value is -1.35. The molecule has 1 N–H and O–H groups in total. The van der Waals surface area contributed by atoms with Crippen LogP contribution in [-0.4, -0.2) is 25.2 Å². The van der Waals surface area contributed by atoms with Gasteiger partial charge in [-0.15, -0.1) is 0 Å². The monoisotopic (exact) mass is 263 g/mol. The third-order valence-corrected chi connectivity index (χ3v) is 3.02. The predicted molar refractivity (Wildman–Crippen MR) is 78.1 cm³/mol. The van der Waals surface area contributed by atoms with Crippen molar-refractivity contribution >= 4 is 5.97 Å². The minimum atomic E-state index is -0.152. The van der Waals surface area contributed by atoms with Crippen LogP contribution < -0.4 is 5.32 Å². The summed E-state index contributed by atoms with van der Waals surface area (Å²) in [7, 11) is 0. The Balaban J connectivity index is 2.26. The normalized spacial score (nSPS) is 12.1. The molecule has 0 heterocycles. The lowest BCUT2D eigenvalue weighted by Gasteiger charge is -2.16. The number of hydrogen-bond acceptors (Lipinski definition) is 3. The number of carbonyl (C=O) groups excluding carboxylic acids is 1. The molecule has 1 unspecified atom stereocenters. The maximum atomic E-state index is 11.7. The number of benzene rings is 1. The topological polar surface area (TPSA) is 38.3 Å². The fraction of sp³-hybridized carbons (Fsp3) is 0.562. The summed E-state index contributed by atoms with van der Waals surface area (Å²) in [6, 6.07) is 10.3. The van der Waals surface area contributed by atoms with Crippen LogP contribution in [0.5, 0.6) is 0 Å². The van der Waals surface area contributed by atoms with Gasteiger partial charge in [0.1, 0.15) is 6.04 Å². The van der Waals surface area contributed by atoms with Crippen LogP contribution in [0, 0.1) is 0 Å². The average Bonchev–Trinajstić information content (AvgIpc) is 2.43. The Morgan fingerprint density at radius 2 is 2.00 bits per heavy atom. The molecule has 0 spiro atoms. The highest BCUT2D eigenvalue weighted by atomic mass is 16.5. The first kappa shape index (κ1) is 15.7.